The van der Waals surface area contributed by atoms with Gasteiger partial charge in [0.05, 0.1) is 0 Å². The van der Waals surface area contributed by atoms with Gasteiger partial charge in [0.25, 0.3) is 0 Å². The van der Waals surface area contributed by atoms with Gasteiger partial charge in [0.2, 0.25) is 0 Å². The lowest BCUT2D eigenvalue weighted by molar-refractivity contribution is 0.781. The quantitative estimate of drug-likeness (QED) is 0.823. The summed E-state index contributed by atoms with van der Waals surface area (Å²) in [4.78, 5) is 2.16. The van der Waals surface area contributed by atoms with Gasteiger partial charge >= 0.3 is 0 Å². The maximum atomic E-state index is 5.81. The van der Waals surface area contributed by atoms with Crippen molar-refractivity contribution in [2.45, 2.75) is 26.7 Å². The first-order valence-electron chi connectivity index (χ1n) is 7.18. The second kappa shape index (κ2) is 5.86. The molecule has 2 aromatic rings. The van der Waals surface area contributed by atoms with Gasteiger partial charge in [-0.1, -0.05) is 29.8 Å². The Morgan fingerprint density at radius 2 is 1.95 bits per heavy atom. The lowest BCUT2D eigenvalue weighted by Gasteiger charge is -2.26. The Hall–Kier alpha value is -1.87. The highest BCUT2D eigenvalue weighted by molar-refractivity contribution is 6.29. The summed E-state index contributed by atoms with van der Waals surface area (Å²) in [5, 5.41) is 8.52. The highest BCUT2D eigenvalue weighted by Gasteiger charge is 2.16. The van der Waals surface area contributed by atoms with Crippen molar-refractivity contribution >= 4 is 23.0 Å². The van der Waals surface area contributed by atoms with Crippen LogP contribution in [0, 0.1) is 13.8 Å². The average molecular weight is 300 g/mol. The van der Waals surface area contributed by atoms with Crippen LogP contribution in [0.3, 0.4) is 0 Å². The van der Waals surface area contributed by atoms with Gasteiger partial charge in [-0.15, -0.1) is 10.2 Å². The Balaban J connectivity index is 1.96. The number of hydrogen-bond acceptors (Lipinski definition) is 3. The third kappa shape index (κ3) is 2.93. The fourth-order valence-electron chi connectivity index (χ4n) is 2.70. The van der Waals surface area contributed by atoms with Gasteiger partial charge in [0.15, 0.2) is 11.0 Å². The van der Waals surface area contributed by atoms with E-state index in [0.29, 0.717) is 5.15 Å². The van der Waals surface area contributed by atoms with E-state index in [2.05, 4.69) is 53.3 Å². The van der Waals surface area contributed by atoms with E-state index in [1.807, 2.05) is 6.07 Å². The molecule has 4 heteroatoms. The number of anilines is 1. The van der Waals surface area contributed by atoms with Crippen LogP contribution in [0.5, 0.6) is 0 Å². The molecule has 0 unspecified atom stereocenters. The normalized spacial score (nSPS) is 15.0. The Kier molecular flexibility index (Phi) is 3.93. The molecule has 0 fully saturated rings. The van der Waals surface area contributed by atoms with Crippen LogP contribution in [-0.4, -0.2) is 16.7 Å². The number of benzene rings is 1. The first-order valence-corrected chi connectivity index (χ1v) is 7.56. The number of rotatable bonds is 2. The smallest absolute Gasteiger partial charge is 0.155 e. The molecule has 1 aliphatic rings. The van der Waals surface area contributed by atoms with E-state index in [-0.39, 0.29) is 0 Å². The molecular weight excluding hydrogens is 282 g/mol. The van der Waals surface area contributed by atoms with Crippen LogP contribution in [0.4, 0.5) is 5.82 Å². The van der Waals surface area contributed by atoms with Crippen molar-refractivity contribution in [3.05, 3.63) is 58.4 Å². The zero-order valence-corrected chi connectivity index (χ0v) is 13.1. The van der Waals surface area contributed by atoms with E-state index in [1.54, 1.807) is 6.07 Å². The summed E-state index contributed by atoms with van der Waals surface area (Å²) in [5.41, 5.74) is 5.38. The highest BCUT2D eigenvalue weighted by atomic mass is 35.5. The van der Waals surface area contributed by atoms with Crippen molar-refractivity contribution in [1.29, 1.82) is 0 Å². The number of allylic oxidation sites excluding steroid dienone is 1. The molecular formula is C17H18ClN3. The van der Waals surface area contributed by atoms with Gasteiger partial charge in [-0.05, 0) is 61.1 Å². The zero-order valence-electron chi connectivity index (χ0n) is 12.3. The van der Waals surface area contributed by atoms with E-state index in [1.165, 1.54) is 22.3 Å². The van der Waals surface area contributed by atoms with Gasteiger partial charge in [0, 0.05) is 12.7 Å². The fourth-order valence-corrected chi connectivity index (χ4v) is 2.80. The van der Waals surface area contributed by atoms with E-state index < -0.39 is 0 Å². The van der Waals surface area contributed by atoms with Crippen LogP contribution >= 0.6 is 11.6 Å². The van der Waals surface area contributed by atoms with Crippen molar-refractivity contribution in [2.24, 2.45) is 0 Å². The molecule has 0 radical (unpaired) electrons. The summed E-state index contributed by atoms with van der Waals surface area (Å²) < 4.78 is 0. The minimum absolute atomic E-state index is 0.425. The third-order valence-electron chi connectivity index (χ3n) is 4.02. The molecule has 21 heavy (non-hydrogen) atoms. The average Bonchev–Trinajstić information content (AvgIpc) is 2.51. The monoisotopic (exact) mass is 299 g/mol. The van der Waals surface area contributed by atoms with Crippen molar-refractivity contribution < 1.29 is 0 Å². The number of aromatic nitrogens is 2. The molecule has 2 heterocycles. The predicted octanol–water partition coefficient (Wildman–Crippen LogP) is 4.39. The molecule has 0 aliphatic carbocycles. The molecule has 0 saturated carbocycles. The molecule has 0 saturated heterocycles. The van der Waals surface area contributed by atoms with Crippen molar-refractivity contribution in [3.8, 4) is 0 Å². The molecule has 3 rings (SSSR count). The number of nitrogens with zero attached hydrogens (tertiary/aromatic N) is 3. The zero-order chi connectivity index (χ0) is 14.8. The number of hydrogen-bond donors (Lipinski definition) is 0. The summed E-state index contributed by atoms with van der Waals surface area (Å²) in [5.74, 6) is 0.849. The maximum Gasteiger partial charge on any atom is 0.155 e. The standard InChI is InChI=1S/C17H18ClN3/c1-12-5-3-7-15(13(12)2)14-6-4-10-21(11-14)17-9-8-16(18)19-20-17/h3,5,7-9,11H,4,6,10H2,1-2H3. The molecule has 0 atom stereocenters. The second-order valence-corrected chi connectivity index (χ2v) is 5.80. The van der Waals surface area contributed by atoms with Crippen LogP contribution in [0.25, 0.3) is 5.57 Å². The molecule has 1 aliphatic heterocycles. The van der Waals surface area contributed by atoms with Gasteiger partial charge in [0.1, 0.15) is 0 Å². The summed E-state index contributed by atoms with van der Waals surface area (Å²) in [7, 11) is 0. The predicted molar refractivity (Wildman–Crippen MR) is 87.5 cm³/mol. The maximum absolute atomic E-state index is 5.81. The van der Waals surface area contributed by atoms with Crippen molar-refractivity contribution in [3.63, 3.8) is 0 Å². The van der Waals surface area contributed by atoms with E-state index in [9.17, 15) is 0 Å². The topological polar surface area (TPSA) is 29.0 Å². The lowest BCUT2D eigenvalue weighted by atomic mass is 9.93. The minimum atomic E-state index is 0.425. The molecule has 0 N–H and O–H groups in total. The molecule has 3 nitrogen and oxygen atoms in total. The SMILES string of the molecule is Cc1cccc(C2=CN(c3ccc(Cl)nn3)CCC2)c1C. The van der Waals surface area contributed by atoms with Crippen LogP contribution in [0.1, 0.15) is 29.5 Å². The Labute approximate surface area is 130 Å². The van der Waals surface area contributed by atoms with Crippen LogP contribution in [0.2, 0.25) is 5.15 Å². The summed E-state index contributed by atoms with van der Waals surface area (Å²) in [6.07, 6.45) is 4.41. The Morgan fingerprint density at radius 3 is 2.71 bits per heavy atom. The molecule has 1 aromatic heterocycles. The largest absolute Gasteiger partial charge is 0.331 e. The van der Waals surface area contributed by atoms with Crippen molar-refractivity contribution in [2.75, 3.05) is 11.4 Å². The number of aryl methyl sites for hydroxylation is 1. The van der Waals surface area contributed by atoms with Gasteiger partial charge in [-0.25, -0.2) is 0 Å². The van der Waals surface area contributed by atoms with Gasteiger partial charge < -0.3 is 4.90 Å². The van der Waals surface area contributed by atoms with Gasteiger partial charge in [-0.2, -0.15) is 0 Å². The summed E-state index contributed by atoms with van der Waals surface area (Å²) in [6, 6.07) is 10.2. The first-order chi connectivity index (χ1) is 10.1. The fraction of sp³-hybridized carbons (Fsp3) is 0.294. The first kappa shape index (κ1) is 14.1. The Bertz CT molecular complexity index is 677. The van der Waals surface area contributed by atoms with Crippen LogP contribution < -0.4 is 4.90 Å². The molecule has 0 spiro atoms. The highest BCUT2D eigenvalue weighted by Crippen LogP contribution is 2.30. The van der Waals surface area contributed by atoms with Crippen LogP contribution in [-0.2, 0) is 0 Å². The number of halogens is 1. The van der Waals surface area contributed by atoms with E-state index in [0.717, 1.165) is 25.2 Å². The molecule has 1 aromatic carbocycles. The van der Waals surface area contributed by atoms with Crippen molar-refractivity contribution in [1.82, 2.24) is 10.2 Å². The van der Waals surface area contributed by atoms with E-state index >= 15 is 0 Å². The second-order valence-electron chi connectivity index (χ2n) is 5.41. The van der Waals surface area contributed by atoms with E-state index in [4.69, 9.17) is 11.6 Å². The summed E-state index contributed by atoms with van der Waals surface area (Å²) >= 11 is 5.81. The third-order valence-corrected chi connectivity index (χ3v) is 4.22. The minimum Gasteiger partial charge on any atom is -0.331 e. The lowest BCUT2D eigenvalue weighted by Crippen LogP contribution is -2.23. The summed E-state index contributed by atoms with van der Waals surface area (Å²) in [6.45, 7) is 5.31. The Morgan fingerprint density at radius 1 is 1.10 bits per heavy atom. The van der Waals surface area contributed by atoms with Gasteiger partial charge in [-0.3, -0.25) is 0 Å². The van der Waals surface area contributed by atoms with Crippen LogP contribution in [0.15, 0.2) is 36.5 Å². The molecule has 108 valence electrons. The molecule has 0 bridgehead atoms. The molecule has 0 amide bonds.